The second-order valence-electron chi connectivity index (χ2n) is 6.85. The largest absolute Gasteiger partial charge is 0.492 e. The molecule has 1 aliphatic carbocycles. The average molecular weight is 462 g/mol. The lowest BCUT2D eigenvalue weighted by Crippen LogP contribution is -2.29. The van der Waals surface area contributed by atoms with E-state index in [2.05, 4.69) is 0 Å². The average Bonchev–Trinajstić information content (AvgIpc) is 2.89. The number of Topliss-reactive ketones (excluding diaryl/α,β-unsaturated/α-hetero) is 1. The molecule has 0 amide bonds. The van der Waals surface area contributed by atoms with Gasteiger partial charge in [0.05, 0.1) is 27.1 Å². The van der Waals surface area contributed by atoms with Gasteiger partial charge in [-0.25, -0.2) is 0 Å². The van der Waals surface area contributed by atoms with Crippen LogP contribution in [0, 0.1) is 0 Å². The summed E-state index contributed by atoms with van der Waals surface area (Å²) >= 11 is 24.8. The van der Waals surface area contributed by atoms with E-state index in [1.165, 1.54) is 0 Å². The van der Waals surface area contributed by atoms with E-state index in [1.807, 2.05) is 6.92 Å². The van der Waals surface area contributed by atoms with Crippen LogP contribution in [0.1, 0.15) is 41.3 Å². The minimum atomic E-state index is -0.898. The standard InChI is InChI=1S/C20H16Cl4O4/c1-20(11-4-5-12(21)13(22)8-11)9-10-7-14(28-6-2-3-15(25)26)17(23)18(24)16(10)19(20)27/h4-5,7-8H,2-3,6,9H2,1H3,(H,25,26). The highest BCUT2D eigenvalue weighted by atomic mass is 35.5. The van der Waals surface area contributed by atoms with Gasteiger partial charge in [-0.1, -0.05) is 52.5 Å². The smallest absolute Gasteiger partial charge is 0.303 e. The molecular weight excluding hydrogens is 446 g/mol. The number of aliphatic carboxylic acids is 1. The van der Waals surface area contributed by atoms with Crippen LogP contribution in [0.5, 0.6) is 5.75 Å². The Balaban J connectivity index is 1.93. The van der Waals surface area contributed by atoms with Gasteiger partial charge in [0.15, 0.2) is 5.78 Å². The molecule has 4 nitrogen and oxygen atoms in total. The van der Waals surface area contributed by atoms with Gasteiger partial charge >= 0.3 is 5.97 Å². The van der Waals surface area contributed by atoms with E-state index in [4.69, 9.17) is 56.2 Å². The first kappa shape index (κ1) is 21.3. The lowest BCUT2D eigenvalue weighted by Gasteiger charge is -2.23. The number of hydrogen-bond donors (Lipinski definition) is 1. The second-order valence-corrected chi connectivity index (χ2v) is 8.42. The van der Waals surface area contributed by atoms with Crippen molar-refractivity contribution in [3.8, 4) is 5.75 Å². The van der Waals surface area contributed by atoms with Crippen LogP contribution < -0.4 is 4.74 Å². The molecule has 0 saturated heterocycles. The van der Waals surface area contributed by atoms with Gasteiger partial charge in [-0.15, -0.1) is 0 Å². The highest BCUT2D eigenvalue weighted by Crippen LogP contribution is 2.47. The summed E-state index contributed by atoms with van der Waals surface area (Å²) in [6.45, 7) is 2.01. The molecule has 0 fully saturated rings. The Morgan fingerprint density at radius 3 is 2.50 bits per heavy atom. The minimum Gasteiger partial charge on any atom is -0.492 e. The Hall–Kier alpha value is -1.46. The lowest BCUT2D eigenvalue weighted by atomic mass is 9.79. The topological polar surface area (TPSA) is 63.6 Å². The predicted octanol–water partition coefficient (Wildman–Crippen LogP) is 6.24. The highest BCUT2D eigenvalue weighted by Gasteiger charge is 2.45. The van der Waals surface area contributed by atoms with Crippen molar-refractivity contribution >= 4 is 58.2 Å². The third-order valence-electron chi connectivity index (χ3n) is 4.88. The summed E-state index contributed by atoms with van der Waals surface area (Å²) in [5, 5.41) is 9.77. The van der Waals surface area contributed by atoms with E-state index in [0.29, 0.717) is 34.2 Å². The minimum absolute atomic E-state index is 0.00975. The molecular formula is C20H16Cl4O4. The molecule has 1 atom stereocenters. The monoisotopic (exact) mass is 460 g/mol. The number of carboxylic acid groups (broad SMARTS) is 1. The SMILES string of the molecule is CC1(c2ccc(Cl)c(Cl)c2)Cc2cc(OCCCC(=O)O)c(Cl)c(Cl)c2C1=O. The summed E-state index contributed by atoms with van der Waals surface area (Å²) in [5.41, 5.74) is 0.976. The van der Waals surface area contributed by atoms with Crippen LogP contribution in [-0.2, 0) is 16.6 Å². The number of hydrogen-bond acceptors (Lipinski definition) is 3. The maximum Gasteiger partial charge on any atom is 0.303 e. The molecule has 2 aromatic rings. The first-order chi connectivity index (χ1) is 13.1. The molecule has 2 aromatic carbocycles. The van der Waals surface area contributed by atoms with Crippen LogP contribution in [0.4, 0.5) is 0 Å². The van der Waals surface area contributed by atoms with E-state index in [9.17, 15) is 9.59 Å². The number of halogens is 4. The van der Waals surface area contributed by atoms with Crippen LogP contribution in [-0.4, -0.2) is 23.5 Å². The molecule has 0 bridgehead atoms. The van der Waals surface area contributed by atoms with Gasteiger partial charge in [0, 0.05) is 12.0 Å². The van der Waals surface area contributed by atoms with Gasteiger partial charge in [0.1, 0.15) is 10.8 Å². The molecule has 148 valence electrons. The first-order valence-electron chi connectivity index (χ1n) is 8.51. The molecule has 0 radical (unpaired) electrons. The van der Waals surface area contributed by atoms with Gasteiger partial charge in [-0.05, 0) is 49.1 Å². The van der Waals surface area contributed by atoms with Crippen molar-refractivity contribution < 1.29 is 19.4 Å². The van der Waals surface area contributed by atoms with E-state index < -0.39 is 11.4 Å². The summed E-state index contributed by atoms with van der Waals surface area (Å²) in [4.78, 5) is 23.8. The van der Waals surface area contributed by atoms with Crippen molar-refractivity contribution in [1.82, 2.24) is 0 Å². The highest BCUT2D eigenvalue weighted by molar-refractivity contribution is 6.45. The van der Waals surface area contributed by atoms with Crippen molar-refractivity contribution in [3.63, 3.8) is 0 Å². The number of carboxylic acids is 1. The summed E-state index contributed by atoms with van der Waals surface area (Å²) in [6.07, 6.45) is 0.728. The fourth-order valence-corrected chi connectivity index (χ4v) is 4.16. The van der Waals surface area contributed by atoms with Gasteiger partial charge in [-0.2, -0.15) is 0 Å². The number of carbonyl (C=O) groups is 2. The van der Waals surface area contributed by atoms with Crippen LogP contribution >= 0.6 is 46.4 Å². The summed E-state index contributed by atoms with van der Waals surface area (Å²) < 4.78 is 5.61. The van der Waals surface area contributed by atoms with Gasteiger partial charge in [-0.3, -0.25) is 9.59 Å². The molecule has 0 spiro atoms. The predicted molar refractivity (Wildman–Crippen MR) is 111 cm³/mol. The van der Waals surface area contributed by atoms with Crippen LogP contribution in [0.15, 0.2) is 24.3 Å². The van der Waals surface area contributed by atoms with Crippen molar-refractivity contribution in [2.45, 2.75) is 31.6 Å². The molecule has 0 heterocycles. The number of fused-ring (bicyclic) bond motifs is 1. The molecule has 1 N–H and O–H groups in total. The van der Waals surface area contributed by atoms with Gasteiger partial charge in [0.2, 0.25) is 0 Å². The van der Waals surface area contributed by atoms with Crippen molar-refractivity contribution in [2.24, 2.45) is 0 Å². The van der Waals surface area contributed by atoms with E-state index in [0.717, 1.165) is 11.1 Å². The Bertz CT molecular complexity index is 973. The van der Waals surface area contributed by atoms with Crippen molar-refractivity contribution in [2.75, 3.05) is 6.61 Å². The Labute approximate surface area is 182 Å². The molecule has 1 unspecified atom stereocenters. The summed E-state index contributed by atoms with van der Waals surface area (Å²) in [7, 11) is 0. The number of ether oxygens (including phenoxy) is 1. The Kier molecular flexibility index (Phi) is 6.16. The second kappa shape index (κ2) is 8.11. The van der Waals surface area contributed by atoms with Crippen LogP contribution in [0.25, 0.3) is 0 Å². The summed E-state index contributed by atoms with van der Waals surface area (Å²) in [6, 6.07) is 6.82. The molecule has 1 aliphatic rings. The number of rotatable bonds is 6. The maximum atomic E-state index is 13.2. The fraction of sp³-hybridized carbons (Fsp3) is 0.300. The third-order valence-corrected chi connectivity index (χ3v) is 6.47. The zero-order chi connectivity index (χ0) is 20.6. The molecule has 3 rings (SSSR count). The number of ketones is 1. The van der Waals surface area contributed by atoms with Gasteiger partial charge < -0.3 is 9.84 Å². The first-order valence-corrected chi connectivity index (χ1v) is 10.0. The van der Waals surface area contributed by atoms with E-state index in [1.54, 1.807) is 24.3 Å². The Morgan fingerprint density at radius 2 is 1.86 bits per heavy atom. The molecule has 28 heavy (non-hydrogen) atoms. The quantitative estimate of drug-likeness (QED) is 0.517. The fourth-order valence-electron chi connectivity index (χ4n) is 3.36. The number of carbonyl (C=O) groups excluding carboxylic acids is 1. The zero-order valence-corrected chi connectivity index (χ0v) is 17.8. The molecule has 8 heteroatoms. The van der Waals surface area contributed by atoms with Crippen molar-refractivity contribution in [1.29, 1.82) is 0 Å². The maximum absolute atomic E-state index is 13.2. The van der Waals surface area contributed by atoms with Crippen LogP contribution in [0.3, 0.4) is 0 Å². The molecule has 0 aliphatic heterocycles. The molecule has 0 aromatic heterocycles. The van der Waals surface area contributed by atoms with Crippen LogP contribution in [0.2, 0.25) is 20.1 Å². The number of benzene rings is 2. The summed E-state index contributed by atoms with van der Waals surface area (Å²) in [5.74, 6) is -0.711. The van der Waals surface area contributed by atoms with Crippen molar-refractivity contribution in [3.05, 3.63) is 61.0 Å². The van der Waals surface area contributed by atoms with E-state index in [-0.39, 0.29) is 28.9 Å². The molecule has 0 saturated carbocycles. The zero-order valence-electron chi connectivity index (χ0n) is 14.8. The van der Waals surface area contributed by atoms with Gasteiger partial charge in [0.25, 0.3) is 0 Å². The lowest BCUT2D eigenvalue weighted by molar-refractivity contribution is -0.137. The van der Waals surface area contributed by atoms with E-state index >= 15 is 0 Å². The normalized spacial score (nSPS) is 18.2. The third kappa shape index (κ3) is 3.84. The Morgan fingerprint density at radius 1 is 1.14 bits per heavy atom.